The molecule has 1 aromatic heterocycles. The molecule has 5 nitrogen and oxygen atoms in total. The van der Waals surface area contributed by atoms with Gasteiger partial charge < -0.3 is 0 Å². The van der Waals surface area contributed by atoms with E-state index in [0.29, 0.717) is 5.56 Å². The lowest BCUT2D eigenvalue weighted by Crippen LogP contribution is -2.07. The molecule has 27 heavy (non-hydrogen) atoms. The van der Waals surface area contributed by atoms with Gasteiger partial charge in [0.1, 0.15) is 0 Å². The molecule has 0 saturated heterocycles. The topological polar surface area (TPSA) is 72.2 Å². The molecule has 2 aromatic carbocycles. The van der Waals surface area contributed by atoms with Crippen molar-refractivity contribution in [3.05, 3.63) is 64.3 Å². The fraction of sp³-hybridized carbons (Fsp3) is 0.0625. The lowest BCUT2D eigenvalue weighted by atomic mass is 10.1. The number of halogens is 5. The molecule has 3 rings (SSSR count). The second kappa shape index (κ2) is 6.83. The van der Waals surface area contributed by atoms with Crippen LogP contribution in [0.15, 0.2) is 53.4 Å². The normalized spacial score (nSPS) is 12.4. The molecule has 0 fully saturated rings. The van der Waals surface area contributed by atoms with Crippen LogP contribution >= 0.6 is 23.2 Å². The molecule has 0 aliphatic rings. The Morgan fingerprint density at radius 3 is 2.11 bits per heavy atom. The summed E-state index contributed by atoms with van der Waals surface area (Å²) in [7, 11) is -4.43. The fourth-order valence-electron chi connectivity index (χ4n) is 2.34. The molecule has 142 valence electrons. The van der Waals surface area contributed by atoms with E-state index in [9.17, 15) is 21.6 Å². The van der Waals surface area contributed by atoms with E-state index < -0.39 is 26.9 Å². The molecular weight excluding hydrogens is 428 g/mol. The molecule has 1 heterocycles. The average molecular weight is 437 g/mol. The third-order valence-corrected chi connectivity index (χ3v) is 5.20. The highest BCUT2D eigenvalue weighted by molar-refractivity contribution is 7.85. The zero-order chi connectivity index (χ0) is 20.0. The van der Waals surface area contributed by atoms with E-state index in [4.69, 9.17) is 27.8 Å². The molecule has 0 aliphatic heterocycles. The van der Waals surface area contributed by atoms with Crippen LogP contribution in [0.5, 0.6) is 0 Å². The average Bonchev–Trinajstić information content (AvgIpc) is 3.02. The van der Waals surface area contributed by atoms with Crippen molar-refractivity contribution < 1.29 is 26.1 Å². The van der Waals surface area contributed by atoms with Gasteiger partial charge in [0.25, 0.3) is 10.1 Å². The third-order valence-electron chi connectivity index (χ3n) is 3.59. The first-order chi connectivity index (χ1) is 12.5. The van der Waals surface area contributed by atoms with E-state index >= 15 is 0 Å². The van der Waals surface area contributed by atoms with Crippen LogP contribution in [-0.2, 0) is 16.3 Å². The van der Waals surface area contributed by atoms with E-state index in [2.05, 4.69) is 5.10 Å². The third kappa shape index (κ3) is 4.11. The summed E-state index contributed by atoms with van der Waals surface area (Å²) < 4.78 is 71.7. The van der Waals surface area contributed by atoms with Gasteiger partial charge in [-0.25, -0.2) is 4.68 Å². The Labute approximate surface area is 161 Å². The van der Waals surface area contributed by atoms with Crippen molar-refractivity contribution in [3.63, 3.8) is 0 Å². The van der Waals surface area contributed by atoms with Crippen LogP contribution in [0.4, 0.5) is 13.2 Å². The van der Waals surface area contributed by atoms with Crippen molar-refractivity contribution >= 4 is 33.3 Å². The van der Waals surface area contributed by atoms with Gasteiger partial charge in [0.05, 0.1) is 26.3 Å². The summed E-state index contributed by atoms with van der Waals surface area (Å²) in [6, 6.07) is 9.70. The molecule has 1 N–H and O–H groups in total. The number of alkyl halides is 3. The Balaban J connectivity index is 2.19. The molecule has 0 radical (unpaired) electrons. The van der Waals surface area contributed by atoms with Crippen molar-refractivity contribution in [2.75, 3.05) is 0 Å². The first kappa shape index (κ1) is 19.7. The Morgan fingerprint density at radius 2 is 1.59 bits per heavy atom. The predicted molar refractivity (Wildman–Crippen MR) is 93.8 cm³/mol. The smallest absolute Gasteiger partial charge is 0.282 e. The van der Waals surface area contributed by atoms with Crippen molar-refractivity contribution in [3.8, 4) is 16.9 Å². The van der Waals surface area contributed by atoms with Crippen molar-refractivity contribution in [1.82, 2.24) is 9.78 Å². The lowest BCUT2D eigenvalue weighted by molar-refractivity contribution is -0.141. The van der Waals surface area contributed by atoms with Gasteiger partial charge in [-0.3, -0.25) is 4.55 Å². The highest BCUT2D eigenvalue weighted by Gasteiger charge is 2.35. The summed E-state index contributed by atoms with van der Waals surface area (Å²) in [5.74, 6) is 0. The van der Waals surface area contributed by atoms with Gasteiger partial charge in [0, 0.05) is 5.56 Å². The van der Waals surface area contributed by atoms with Crippen LogP contribution in [0.2, 0.25) is 10.0 Å². The SMILES string of the molecule is O=S(=O)(O)c1ccc(-n2nc(C(F)(F)F)cc2-c2ccc(Cl)c(Cl)c2)cc1. The zero-order valence-corrected chi connectivity index (χ0v) is 15.4. The lowest BCUT2D eigenvalue weighted by Gasteiger charge is -2.09. The highest BCUT2D eigenvalue weighted by atomic mass is 35.5. The van der Waals surface area contributed by atoms with Gasteiger partial charge >= 0.3 is 6.18 Å². The maximum Gasteiger partial charge on any atom is 0.435 e. The monoisotopic (exact) mass is 436 g/mol. The maximum absolute atomic E-state index is 13.1. The van der Waals surface area contributed by atoms with Gasteiger partial charge in [-0.15, -0.1) is 0 Å². The largest absolute Gasteiger partial charge is 0.435 e. The Hall–Kier alpha value is -2.07. The number of aromatic nitrogens is 2. The fourth-order valence-corrected chi connectivity index (χ4v) is 3.11. The molecule has 0 amide bonds. The quantitative estimate of drug-likeness (QED) is 0.578. The van der Waals surface area contributed by atoms with Crippen LogP contribution in [0, 0.1) is 0 Å². The van der Waals surface area contributed by atoms with Crippen LogP contribution in [0.3, 0.4) is 0 Å². The summed E-state index contributed by atoms with van der Waals surface area (Å²) in [6.07, 6.45) is -4.69. The molecule has 0 unspecified atom stereocenters. The van der Waals surface area contributed by atoms with E-state index in [1.165, 1.54) is 30.3 Å². The van der Waals surface area contributed by atoms with Crippen LogP contribution in [0.1, 0.15) is 5.69 Å². The first-order valence-electron chi connectivity index (χ1n) is 7.17. The van der Waals surface area contributed by atoms with Gasteiger partial charge in [-0.2, -0.15) is 26.7 Å². The van der Waals surface area contributed by atoms with Gasteiger partial charge in [0.2, 0.25) is 0 Å². The molecule has 3 aromatic rings. The summed E-state index contributed by atoms with van der Waals surface area (Å²) in [5.41, 5.74) is -0.590. The minimum atomic E-state index is -4.69. The Bertz CT molecular complexity index is 1110. The van der Waals surface area contributed by atoms with Crippen LogP contribution < -0.4 is 0 Å². The standard InChI is InChI=1S/C16H9Cl2F3N2O3S/c17-12-6-1-9(7-13(12)18)14-8-15(16(19,20)21)22-23(14)10-2-4-11(5-3-10)27(24,25)26/h1-8H,(H,24,25,26). The number of hydrogen-bond acceptors (Lipinski definition) is 3. The van der Waals surface area contributed by atoms with Crippen LogP contribution in [0.25, 0.3) is 16.9 Å². The molecule has 0 spiro atoms. The minimum Gasteiger partial charge on any atom is -0.282 e. The molecule has 0 saturated carbocycles. The van der Waals surface area contributed by atoms with Gasteiger partial charge in [-0.05, 0) is 42.5 Å². The van der Waals surface area contributed by atoms with E-state index in [-0.39, 0.29) is 21.4 Å². The molecular formula is C16H9Cl2F3N2O3S. The van der Waals surface area contributed by atoms with E-state index in [0.717, 1.165) is 22.9 Å². The van der Waals surface area contributed by atoms with Crippen molar-refractivity contribution in [2.24, 2.45) is 0 Å². The van der Waals surface area contributed by atoms with E-state index in [1.807, 2.05) is 0 Å². The first-order valence-corrected chi connectivity index (χ1v) is 9.37. The highest BCUT2D eigenvalue weighted by Crippen LogP contribution is 2.35. The van der Waals surface area contributed by atoms with Gasteiger partial charge in [0.15, 0.2) is 5.69 Å². The second-order valence-electron chi connectivity index (χ2n) is 5.42. The van der Waals surface area contributed by atoms with E-state index in [1.54, 1.807) is 0 Å². The number of rotatable bonds is 3. The van der Waals surface area contributed by atoms with Gasteiger partial charge in [-0.1, -0.05) is 29.3 Å². The second-order valence-corrected chi connectivity index (χ2v) is 7.66. The summed E-state index contributed by atoms with van der Waals surface area (Å²) in [6.45, 7) is 0. The summed E-state index contributed by atoms with van der Waals surface area (Å²) >= 11 is 11.8. The Kier molecular flexibility index (Phi) is 4.98. The number of nitrogens with zero attached hydrogens (tertiary/aromatic N) is 2. The van der Waals surface area contributed by atoms with Crippen molar-refractivity contribution in [1.29, 1.82) is 0 Å². The number of hydrogen-bond donors (Lipinski definition) is 1. The molecule has 0 aliphatic carbocycles. The summed E-state index contributed by atoms with van der Waals surface area (Å²) in [5, 5.41) is 3.96. The minimum absolute atomic E-state index is 0.0699. The van der Waals surface area contributed by atoms with Crippen molar-refractivity contribution in [2.45, 2.75) is 11.1 Å². The maximum atomic E-state index is 13.1. The molecule has 0 bridgehead atoms. The zero-order valence-electron chi connectivity index (χ0n) is 13.1. The predicted octanol–water partition coefficient (Wildman–Crippen LogP) is 5.11. The molecule has 11 heteroatoms. The van der Waals surface area contributed by atoms with Crippen LogP contribution in [-0.4, -0.2) is 22.8 Å². The number of benzene rings is 2. The molecule has 0 atom stereocenters. The summed E-state index contributed by atoms with van der Waals surface area (Å²) in [4.78, 5) is -0.398. The Morgan fingerprint density at radius 1 is 0.963 bits per heavy atom.